The van der Waals surface area contributed by atoms with Crippen LogP contribution >= 0.6 is 11.3 Å². The van der Waals surface area contributed by atoms with Gasteiger partial charge in [-0.25, -0.2) is 9.97 Å². The second-order valence-electron chi connectivity index (χ2n) is 5.73. The van der Waals surface area contributed by atoms with Gasteiger partial charge < -0.3 is 4.57 Å². The Kier molecular flexibility index (Phi) is 4.35. The zero-order valence-electron chi connectivity index (χ0n) is 14.2. The lowest BCUT2D eigenvalue weighted by Gasteiger charge is -2.07. The minimum absolute atomic E-state index is 0.00519. The third-order valence-electron chi connectivity index (χ3n) is 3.92. The molecule has 4 rings (SSSR count). The van der Waals surface area contributed by atoms with Crippen LogP contribution in [0.3, 0.4) is 0 Å². The minimum atomic E-state index is -0.430. The molecule has 2 aromatic heterocycles. The summed E-state index contributed by atoms with van der Waals surface area (Å²) in [5, 5.41) is 16.2. The number of nitro groups is 1. The summed E-state index contributed by atoms with van der Waals surface area (Å²) in [6, 6.07) is 14.1. The van der Waals surface area contributed by atoms with Crippen molar-refractivity contribution in [3.05, 3.63) is 82.4 Å². The van der Waals surface area contributed by atoms with Crippen LogP contribution in [0.25, 0.3) is 10.2 Å². The number of non-ortho nitro benzene ring substituents is 1. The Labute approximate surface area is 158 Å². The number of imidazole rings is 1. The first kappa shape index (κ1) is 16.9. The number of fused-ring (bicyclic) bond motifs is 1. The Bertz CT molecular complexity index is 1130. The molecule has 0 unspecified atom stereocenters. The zero-order valence-corrected chi connectivity index (χ0v) is 15.1. The van der Waals surface area contributed by atoms with Gasteiger partial charge in [0.1, 0.15) is 5.71 Å². The van der Waals surface area contributed by atoms with Crippen molar-refractivity contribution >= 4 is 38.1 Å². The molecular formula is C18H14N6O2S. The molecule has 0 spiro atoms. The average molecular weight is 378 g/mol. The number of hydrogen-bond acceptors (Lipinski definition) is 7. The van der Waals surface area contributed by atoms with Crippen molar-refractivity contribution in [1.82, 2.24) is 14.5 Å². The lowest BCUT2D eigenvalue weighted by molar-refractivity contribution is -0.384. The Morgan fingerprint density at radius 2 is 2.11 bits per heavy atom. The summed E-state index contributed by atoms with van der Waals surface area (Å²) < 4.78 is 2.85. The fourth-order valence-corrected chi connectivity index (χ4v) is 3.44. The van der Waals surface area contributed by atoms with Crippen molar-refractivity contribution in [2.45, 2.75) is 0 Å². The molecule has 8 nitrogen and oxygen atoms in total. The molecule has 4 aromatic rings. The maximum Gasteiger partial charge on any atom is 0.270 e. The van der Waals surface area contributed by atoms with Crippen molar-refractivity contribution in [1.29, 1.82) is 0 Å². The molecule has 0 saturated heterocycles. The van der Waals surface area contributed by atoms with Crippen LogP contribution in [-0.4, -0.2) is 25.2 Å². The van der Waals surface area contributed by atoms with Crippen LogP contribution in [0.4, 0.5) is 10.8 Å². The molecule has 0 aliphatic carbocycles. The summed E-state index contributed by atoms with van der Waals surface area (Å²) in [6.07, 6.45) is 3.44. The van der Waals surface area contributed by atoms with Crippen LogP contribution < -0.4 is 5.43 Å². The Morgan fingerprint density at radius 1 is 1.26 bits per heavy atom. The van der Waals surface area contributed by atoms with Gasteiger partial charge in [-0.05, 0) is 12.1 Å². The molecule has 0 radical (unpaired) electrons. The Hall–Kier alpha value is -3.59. The number of hydrogen-bond donors (Lipinski definition) is 1. The first-order valence-electron chi connectivity index (χ1n) is 8.03. The maximum absolute atomic E-state index is 11.1. The van der Waals surface area contributed by atoms with Crippen LogP contribution in [0.5, 0.6) is 0 Å². The van der Waals surface area contributed by atoms with Gasteiger partial charge in [-0.3, -0.25) is 15.5 Å². The molecule has 0 amide bonds. The van der Waals surface area contributed by atoms with Gasteiger partial charge in [0, 0.05) is 37.1 Å². The second kappa shape index (κ2) is 6.96. The topological polar surface area (TPSA) is 98.2 Å². The third-order valence-corrected chi connectivity index (χ3v) is 4.86. The number of thiazole rings is 1. The number of hydrazone groups is 1. The monoisotopic (exact) mass is 378 g/mol. The molecule has 0 aliphatic heterocycles. The van der Waals surface area contributed by atoms with E-state index in [1.165, 1.54) is 23.5 Å². The normalized spacial score (nSPS) is 11.7. The SMILES string of the molecule is Cn1ccnc1/C(=N\Nc1nc2ccccc2s1)c1cccc([N+](=O)[O-])c1. The molecule has 0 saturated carbocycles. The van der Waals surface area contributed by atoms with Crippen molar-refractivity contribution in [3.63, 3.8) is 0 Å². The number of aromatic nitrogens is 3. The smallest absolute Gasteiger partial charge is 0.270 e. The number of aryl methyl sites for hydroxylation is 1. The van der Waals surface area contributed by atoms with Gasteiger partial charge in [0.15, 0.2) is 5.82 Å². The number of para-hydroxylation sites is 1. The molecule has 0 bridgehead atoms. The number of benzene rings is 2. The van der Waals surface area contributed by atoms with Gasteiger partial charge in [0.05, 0.1) is 15.1 Å². The van der Waals surface area contributed by atoms with Crippen molar-refractivity contribution in [3.8, 4) is 0 Å². The predicted octanol–water partition coefficient (Wildman–Crippen LogP) is 3.80. The summed E-state index contributed by atoms with van der Waals surface area (Å²) in [4.78, 5) is 19.5. The summed E-state index contributed by atoms with van der Waals surface area (Å²) in [5.74, 6) is 0.587. The molecule has 27 heavy (non-hydrogen) atoms. The lowest BCUT2D eigenvalue weighted by atomic mass is 10.1. The Morgan fingerprint density at radius 3 is 2.85 bits per heavy atom. The Balaban J connectivity index is 1.76. The van der Waals surface area contributed by atoms with Gasteiger partial charge >= 0.3 is 0 Å². The molecule has 0 atom stereocenters. The lowest BCUT2D eigenvalue weighted by Crippen LogP contribution is -2.12. The fraction of sp³-hybridized carbons (Fsp3) is 0.0556. The molecule has 134 valence electrons. The van der Waals surface area contributed by atoms with E-state index in [9.17, 15) is 10.1 Å². The minimum Gasteiger partial charge on any atom is -0.333 e. The summed E-state index contributed by atoms with van der Waals surface area (Å²) in [6.45, 7) is 0. The number of anilines is 1. The van der Waals surface area contributed by atoms with Crippen LogP contribution in [-0.2, 0) is 7.05 Å². The number of nitrogens with one attached hydrogen (secondary N) is 1. The fourth-order valence-electron chi connectivity index (χ4n) is 2.63. The third kappa shape index (κ3) is 3.40. The molecular weight excluding hydrogens is 364 g/mol. The number of nitrogens with zero attached hydrogens (tertiary/aromatic N) is 5. The number of nitro benzene ring substituents is 1. The van der Waals surface area contributed by atoms with E-state index in [-0.39, 0.29) is 5.69 Å². The zero-order chi connectivity index (χ0) is 18.8. The summed E-state index contributed by atoms with van der Waals surface area (Å²) >= 11 is 1.48. The predicted molar refractivity (Wildman–Crippen MR) is 105 cm³/mol. The van der Waals surface area contributed by atoms with Crippen molar-refractivity contribution < 1.29 is 4.92 Å². The van der Waals surface area contributed by atoms with Crippen LogP contribution in [0.15, 0.2) is 66.0 Å². The summed E-state index contributed by atoms with van der Waals surface area (Å²) in [5.41, 5.74) is 4.93. The van der Waals surface area contributed by atoms with E-state index in [1.54, 1.807) is 29.1 Å². The molecule has 9 heteroatoms. The van der Waals surface area contributed by atoms with E-state index in [1.807, 2.05) is 31.3 Å². The van der Waals surface area contributed by atoms with Crippen molar-refractivity contribution in [2.75, 3.05) is 5.43 Å². The average Bonchev–Trinajstić information content (AvgIpc) is 3.28. The quantitative estimate of drug-likeness (QED) is 0.323. The van der Waals surface area contributed by atoms with Crippen LogP contribution in [0.1, 0.15) is 11.4 Å². The largest absolute Gasteiger partial charge is 0.333 e. The van der Waals surface area contributed by atoms with Crippen molar-refractivity contribution in [2.24, 2.45) is 12.1 Å². The van der Waals surface area contributed by atoms with E-state index < -0.39 is 4.92 Å². The van der Waals surface area contributed by atoms with Crippen LogP contribution in [0.2, 0.25) is 0 Å². The first-order valence-corrected chi connectivity index (χ1v) is 8.85. The van der Waals surface area contributed by atoms with Gasteiger partial charge in [-0.1, -0.05) is 35.6 Å². The van der Waals surface area contributed by atoms with E-state index in [4.69, 9.17) is 0 Å². The molecule has 0 aliphatic rings. The first-order chi connectivity index (χ1) is 13.1. The van der Waals surface area contributed by atoms with Gasteiger partial charge in [0.2, 0.25) is 5.13 Å². The summed E-state index contributed by atoms with van der Waals surface area (Å²) in [7, 11) is 1.84. The highest BCUT2D eigenvalue weighted by Gasteiger charge is 2.16. The van der Waals surface area contributed by atoms with E-state index in [2.05, 4.69) is 20.5 Å². The van der Waals surface area contributed by atoms with E-state index >= 15 is 0 Å². The standard InChI is InChI=1S/C18H14N6O2S/c1-23-10-9-19-17(23)16(12-5-4-6-13(11-12)24(25)26)21-22-18-20-14-7-2-3-8-15(14)27-18/h2-11H,1H3,(H,20,22)/b21-16-. The highest BCUT2D eigenvalue weighted by Crippen LogP contribution is 2.25. The molecule has 2 aromatic carbocycles. The maximum atomic E-state index is 11.1. The molecule has 0 fully saturated rings. The molecule has 1 N–H and O–H groups in total. The van der Waals surface area contributed by atoms with Gasteiger partial charge in [-0.2, -0.15) is 5.10 Å². The van der Waals surface area contributed by atoms with Gasteiger partial charge in [-0.15, -0.1) is 0 Å². The molecule has 2 heterocycles. The highest BCUT2D eigenvalue weighted by molar-refractivity contribution is 7.22. The van der Waals surface area contributed by atoms with Crippen LogP contribution in [0, 0.1) is 10.1 Å². The van der Waals surface area contributed by atoms with Gasteiger partial charge in [0.25, 0.3) is 5.69 Å². The van der Waals surface area contributed by atoms with E-state index in [0.717, 1.165) is 10.2 Å². The number of rotatable bonds is 5. The van der Waals surface area contributed by atoms with E-state index in [0.29, 0.717) is 22.2 Å². The highest BCUT2D eigenvalue weighted by atomic mass is 32.1. The second-order valence-corrected chi connectivity index (χ2v) is 6.76.